The van der Waals surface area contributed by atoms with E-state index in [2.05, 4.69) is 25.4 Å². The third kappa shape index (κ3) is 8.35. The fraction of sp³-hybridized carbons (Fsp3) is 0.293. The van der Waals surface area contributed by atoms with Crippen LogP contribution in [0.5, 0.6) is 0 Å². The zero-order valence-electron chi connectivity index (χ0n) is 31.1. The number of nitrogens with zero attached hydrogens (tertiary/aromatic N) is 7. The molecule has 2 amide bonds. The van der Waals surface area contributed by atoms with Crippen LogP contribution in [-0.4, -0.2) is 58.9 Å². The third-order valence-electron chi connectivity index (χ3n) is 9.83. The van der Waals surface area contributed by atoms with Gasteiger partial charge in [0, 0.05) is 53.9 Å². The van der Waals surface area contributed by atoms with Gasteiger partial charge in [-0.3, -0.25) is 24.4 Å². The lowest BCUT2D eigenvalue weighted by molar-refractivity contribution is -0.137. The van der Waals surface area contributed by atoms with Crippen LogP contribution in [0.2, 0.25) is 5.02 Å². The number of rotatable bonds is 5. The van der Waals surface area contributed by atoms with Gasteiger partial charge in [-0.25, -0.2) is 0 Å². The second-order valence-corrected chi connectivity index (χ2v) is 13.7. The zero-order chi connectivity index (χ0) is 40.0. The Labute approximate surface area is 326 Å². The van der Waals surface area contributed by atoms with Gasteiger partial charge in [0.15, 0.2) is 5.82 Å². The number of pyridine rings is 2. The molecular formula is C41H40ClF3N8O3. The summed E-state index contributed by atoms with van der Waals surface area (Å²) in [5.41, 5.74) is 1.65. The molecule has 0 saturated carbocycles. The predicted molar refractivity (Wildman–Crippen MR) is 207 cm³/mol. The molecule has 15 heteroatoms. The number of halogens is 4. The summed E-state index contributed by atoms with van der Waals surface area (Å²) in [6.07, 6.45) is 2.78. The van der Waals surface area contributed by atoms with Gasteiger partial charge in [-0.1, -0.05) is 67.9 Å². The monoisotopic (exact) mass is 784 g/mol. The van der Waals surface area contributed by atoms with Gasteiger partial charge in [0.25, 0.3) is 11.5 Å². The average Bonchev–Trinajstić information content (AvgIpc) is 3.82. The summed E-state index contributed by atoms with van der Waals surface area (Å²) >= 11 is 6.11. The lowest BCUT2D eigenvalue weighted by atomic mass is 9.74. The number of nitrogens with one attached hydrogen (secondary N) is 1. The van der Waals surface area contributed by atoms with Crippen molar-refractivity contribution in [3.8, 4) is 11.4 Å². The van der Waals surface area contributed by atoms with Gasteiger partial charge in [-0.15, -0.1) is 5.10 Å². The Morgan fingerprint density at radius 1 is 0.929 bits per heavy atom. The first-order valence-corrected chi connectivity index (χ1v) is 18.6. The molecule has 8 rings (SSSR count). The summed E-state index contributed by atoms with van der Waals surface area (Å²) < 4.78 is 42.4. The van der Waals surface area contributed by atoms with Crippen LogP contribution in [0.15, 0.2) is 102 Å². The van der Waals surface area contributed by atoms with Crippen molar-refractivity contribution in [2.75, 3.05) is 18.4 Å². The maximum absolute atomic E-state index is 14.2. The van der Waals surface area contributed by atoms with Crippen molar-refractivity contribution in [1.29, 1.82) is 0 Å². The highest BCUT2D eigenvalue weighted by molar-refractivity contribution is 6.33. The van der Waals surface area contributed by atoms with Crippen LogP contribution in [0.3, 0.4) is 0 Å². The molecule has 0 radical (unpaired) electrons. The maximum atomic E-state index is 14.2. The quantitative estimate of drug-likeness (QED) is 0.189. The number of benzene rings is 2. The van der Waals surface area contributed by atoms with E-state index >= 15 is 0 Å². The maximum Gasteiger partial charge on any atom is 0.416 e. The van der Waals surface area contributed by atoms with E-state index in [9.17, 15) is 27.6 Å². The molecule has 11 nitrogen and oxygen atoms in total. The number of likely N-dealkylation sites (tertiary alicyclic amines) is 1. The van der Waals surface area contributed by atoms with Crippen LogP contribution in [0, 0.1) is 6.92 Å². The molecule has 1 fully saturated rings. The van der Waals surface area contributed by atoms with Gasteiger partial charge in [0.2, 0.25) is 11.7 Å². The minimum atomic E-state index is -4.59. The Hall–Kier alpha value is -5.89. The molecule has 1 spiro atoms. The van der Waals surface area contributed by atoms with E-state index < -0.39 is 23.1 Å². The Morgan fingerprint density at radius 3 is 2.27 bits per heavy atom. The zero-order valence-corrected chi connectivity index (χ0v) is 31.8. The first-order chi connectivity index (χ1) is 26.9. The van der Waals surface area contributed by atoms with Crippen molar-refractivity contribution >= 4 is 34.9 Å². The van der Waals surface area contributed by atoms with E-state index in [0.717, 1.165) is 18.2 Å². The molecule has 4 aromatic heterocycles. The summed E-state index contributed by atoms with van der Waals surface area (Å²) in [4.78, 5) is 55.2. The molecule has 6 aromatic rings. The standard InChI is InChI=1S/C33H27ClF3N7O3.C6H7N.C2H6/c34-22-18-21(33(35,36)37)9-10-23(22)39-26(45)19-43-25-11-12-32(13-16-42(17-14-32)29(46)24-8-4-5-15-38-24)27(25)30(47)44-31(43)40-28(41-44)20-6-2-1-3-7-20;1-6-3-2-4-7-5-6;1-2/h1-10,15,18H,11-14,16-17,19H2,(H,39,45);2-5H,1H3;1-2H3. The SMILES string of the molecule is CC.Cc1cccnc1.O=C(Cn1c2c(c(=O)n3nc(-c4ccccc4)nc13)C1(CC2)CCN(C(=O)c2ccccn2)CC1)Nc1ccc(C(F)(F)F)cc1Cl. The summed E-state index contributed by atoms with van der Waals surface area (Å²) in [6.45, 7) is 6.57. The van der Waals surface area contributed by atoms with Crippen molar-refractivity contribution in [2.24, 2.45) is 0 Å². The highest BCUT2D eigenvalue weighted by Crippen LogP contribution is 2.45. The molecule has 1 saturated heterocycles. The van der Waals surface area contributed by atoms with Crippen LogP contribution in [0.25, 0.3) is 17.2 Å². The molecule has 290 valence electrons. The minimum Gasteiger partial charge on any atom is -0.337 e. The van der Waals surface area contributed by atoms with Crippen molar-refractivity contribution in [1.82, 2.24) is 34.0 Å². The van der Waals surface area contributed by atoms with E-state index in [4.69, 9.17) is 11.6 Å². The largest absolute Gasteiger partial charge is 0.416 e. The molecule has 0 bridgehead atoms. The average molecular weight is 785 g/mol. The van der Waals surface area contributed by atoms with Crippen molar-refractivity contribution in [2.45, 2.75) is 64.6 Å². The van der Waals surface area contributed by atoms with Crippen molar-refractivity contribution in [3.05, 3.63) is 141 Å². The van der Waals surface area contributed by atoms with E-state index in [-0.39, 0.29) is 34.5 Å². The fourth-order valence-electron chi connectivity index (χ4n) is 7.11. The van der Waals surface area contributed by atoms with Gasteiger partial charge in [-0.2, -0.15) is 22.7 Å². The molecule has 2 aliphatic rings. The minimum absolute atomic E-state index is 0.0197. The normalized spacial score (nSPS) is 14.3. The number of hydrogen-bond donors (Lipinski definition) is 1. The Bertz CT molecular complexity index is 2380. The van der Waals surface area contributed by atoms with Crippen LogP contribution < -0.4 is 10.9 Å². The molecule has 1 aliphatic carbocycles. The molecule has 0 atom stereocenters. The van der Waals surface area contributed by atoms with Crippen LogP contribution in [-0.2, 0) is 29.4 Å². The summed E-state index contributed by atoms with van der Waals surface area (Å²) in [5, 5.41) is 6.91. The second kappa shape index (κ2) is 16.9. The molecule has 56 heavy (non-hydrogen) atoms. The first kappa shape index (κ1) is 39.8. The van der Waals surface area contributed by atoms with Gasteiger partial charge in [-0.05, 0) is 74.6 Å². The van der Waals surface area contributed by atoms with Crippen LogP contribution in [0.4, 0.5) is 18.9 Å². The number of aryl methyl sites for hydroxylation is 1. The van der Waals surface area contributed by atoms with Crippen molar-refractivity contribution in [3.63, 3.8) is 0 Å². The predicted octanol–water partition coefficient (Wildman–Crippen LogP) is 7.80. The number of alkyl halides is 3. The molecule has 2 aromatic carbocycles. The smallest absolute Gasteiger partial charge is 0.337 e. The number of aromatic nitrogens is 6. The van der Waals surface area contributed by atoms with Gasteiger partial charge < -0.3 is 14.8 Å². The van der Waals surface area contributed by atoms with Gasteiger partial charge in [0.05, 0.1) is 16.3 Å². The van der Waals surface area contributed by atoms with Crippen LogP contribution in [0.1, 0.15) is 66.0 Å². The Kier molecular flexibility index (Phi) is 12.0. The number of hydrogen-bond acceptors (Lipinski definition) is 7. The summed E-state index contributed by atoms with van der Waals surface area (Å²) in [7, 11) is 0. The highest BCUT2D eigenvalue weighted by atomic mass is 35.5. The van der Waals surface area contributed by atoms with Gasteiger partial charge >= 0.3 is 6.18 Å². The van der Waals surface area contributed by atoms with E-state index in [1.165, 1.54) is 10.1 Å². The Balaban J connectivity index is 0.000000527. The summed E-state index contributed by atoms with van der Waals surface area (Å²) in [5.74, 6) is -0.272. The number of fused-ring (bicyclic) bond motifs is 3. The number of anilines is 1. The number of piperidine rings is 1. The fourth-order valence-corrected chi connectivity index (χ4v) is 7.34. The van der Waals surface area contributed by atoms with Gasteiger partial charge in [0.1, 0.15) is 12.2 Å². The molecule has 5 heterocycles. The molecule has 1 N–H and O–H groups in total. The third-order valence-corrected chi connectivity index (χ3v) is 10.1. The summed E-state index contributed by atoms with van der Waals surface area (Å²) in [6, 6.07) is 20.9. The second-order valence-electron chi connectivity index (χ2n) is 13.3. The molecule has 0 unspecified atom stereocenters. The van der Waals surface area contributed by atoms with Crippen molar-refractivity contribution < 1.29 is 22.8 Å². The number of carbonyl (C=O) groups is 2. The lowest BCUT2D eigenvalue weighted by Crippen LogP contribution is -2.46. The first-order valence-electron chi connectivity index (χ1n) is 18.3. The van der Waals surface area contributed by atoms with E-state index in [0.29, 0.717) is 67.1 Å². The van der Waals surface area contributed by atoms with E-state index in [1.54, 1.807) is 40.1 Å². The molecule has 1 aliphatic heterocycles. The lowest BCUT2D eigenvalue weighted by Gasteiger charge is -2.39. The Morgan fingerprint density at radius 2 is 1.66 bits per heavy atom. The topological polar surface area (TPSA) is 127 Å². The highest BCUT2D eigenvalue weighted by Gasteiger charge is 2.46. The van der Waals surface area contributed by atoms with E-state index in [1.807, 2.05) is 69.4 Å². The number of amides is 2. The number of carbonyl (C=O) groups excluding carboxylic acids is 2. The van der Waals surface area contributed by atoms with Crippen LogP contribution >= 0.6 is 11.6 Å². The molecular weight excluding hydrogens is 745 g/mol.